The first kappa shape index (κ1) is 14.4. The van der Waals surface area contributed by atoms with Crippen molar-refractivity contribution in [3.63, 3.8) is 0 Å². The van der Waals surface area contributed by atoms with Crippen LogP contribution < -0.4 is 0 Å². The Hall–Kier alpha value is -2.01. The van der Waals surface area contributed by atoms with Crippen molar-refractivity contribution in [1.82, 2.24) is 0 Å². The second-order valence-corrected chi connectivity index (χ2v) is 5.46. The summed E-state index contributed by atoms with van der Waals surface area (Å²) in [6, 6.07) is 11.6. The van der Waals surface area contributed by atoms with E-state index in [-0.39, 0.29) is 17.9 Å². The summed E-state index contributed by atoms with van der Waals surface area (Å²) in [5.74, 6) is -0.0109. The number of nitro groups is 1. The molecule has 0 aromatic heterocycles. The molecule has 0 aliphatic rings. The normalized spacial score (nSPS) is 10.3. The molecule has 0 amide bonds. The number of halogens is 1. The highest BCUT2D eigenvalue weighted by molar-refractivity contribution is 9.10. The van der Waals surface area contributed by atoms with Gasteiger partial charge in [-0.1, -0.05) is 28.1 Å². The van der Waals surface area contributed by atoms with Crippen LogP contribution in [0.4, 0.5) is 5.69 Å². The van der Waals surface area contributed by atoms with Gasteiger partial charge in [0.15, 0.2) is 5.78 Å². The molecule has 0 saturated heterocycles. The zero-order chi connectivity index (χ0) is 14.7. The summed E-state index contributed by atoms with van der Waals surface area (Å²) in [4.78, 5) is 22.3. The molecule has 0 aliphatic heterocycles. The van der Waals surface area contributed by atoms with E-state index in [9.17, 15) is 14.9 Å². The zero-order valence-corrected chi connectivity index (χ0v) is 12.4. The van der Waals surface area contributed by atoms with Crippen molar-refractivity contribution in [2.75, 3.05) is 0 Å². The summed E-state index contributed by atoms with van der Waals surface area (Å²) in [7, 11) is 0. The van der Waals surface area contributed by atoms with Gasteiger partial charge in [-0.2, -0.15) is 0 Å². The molecule has 0 fully saturated rings. The van der Waals surface area contributed by atoms with Crippen molar-refractivity contribution >= 4 is 27.4 Å². The summed E-state index contributed by atoms with van der Waals surface area (Å²) in [6.07, 6.45) is 0.230. The molecule has 4 nitrogen and oxygen atoms in total. The Morgan fingerprint density at radius 2 is 1.85 bits per heavy atom. The number of carbonyl (C=O) groups is 1. The van der Waals surface area contributed by atoms with Gasteiger partial charge in [0.25, 0.3) is 5.69 Å². The van der Waals surface area contributed by atoms with Gasteiger partial charge < -0.3 is 0 Å². The Labute approximate surface area is 124 Å². The Balaban J connectivity index is 2.16. The second-order valence-electron chi connectivity index (χ2n) is 4.54. The van der Waals surface area contributed by atoms with Crippen molar-refractivity contribution in [3.8, 4) is 0 Å². The molecule has 5 heteroatoms. The lowest BCUT2D eigenvalue weighted by molar-refractivity contribution is -0.384. The summed E-state index contributed by atoms with van der Waals surface area (Å²) in [5, 5.41) is 10.6. The molecule has 0 atom stereocenters. The van der Waals surface area contributed by atoms with Crippen LogP contribution in [0, 0.1) is 17.0 Å². The summed E-state index contributed by atoms with van der Waals surface area (Å²) < 4.78 is 0.865. The summed E-state index contributed by atoms with van der Waals surface area (Å²) >= 11 is 3.36. The van der Waals surface area contributed by atoms with Gasteiger partial charge in [-0.25, -0.2) is 0 Å². The van der Waals surface area contributed by atoms with Gasteiger partial charge in [0.05, 0.1) is 4.92 Å². The lowest BCUT2D eigenvalue weighted by Crippen LogP contribution is -2.04. The van der Waals surface area contributed by atoms with Crippen LogP contribution in [-0.2, 0) is 6.42 Å². The smallest absolute Gasteiger partial charge is 0.269 e. The standard InChI is InChI=1S/C15H12BrNO3/c1-10-6-12(9-13(16)7-10)15(18)8-11-2-4-14(5-3-11)17(19)20/h2-7,9H,8H2,1H3. The van der Waals surface area contributed by atoms with E-state index >= 15 is 0 Å². The molecule has 0 aliphatic carbocycles. The highest BCUT2D eigenvalue weighted by Crippen LogP contribution is 2.18. The number of nitro benzene ring substituents is 1. The highest BCUT2D eigenvalue weighted by Gasteiger charge is 2.10. The van der Waals surface area contributed by atoms with Crippen molar-refractivity contribution in [1.29, 1.82) is 0 Å². The Kier molecular flexibility index (Phi) is 4.29. The quantitative estimate of drug-likeness (QED) is 0.481. The fourth-order valence-corrected chi connectivity index (χ4v) is 2.53. The molecule has 0 radical (unpaired) electrons. The van der Waals surface area contributed by atoms with Crippen LogP contribution in [0.2, 0.25) is 0 Å². The van der Waals surface area contributed by atoms with Crippen LogP contribution in [0.15, 0.2) is 46.9 Å². The molecule has 0 N–H and O–H groups in total. The first-order chi connectivity index (χ1) is 9.45. The van der Waals surface area contributed by atoms with E-state index in [4.69, 9.17) is 0 Å². The molecule has 102 valence electrons. The number of non-ortho nitro benzene ring substituents is 1. The number of aryl methyl sites for hydroxylation is 1. The van der Waals surface area contributed by atoms with E-state index in [2.05, 4.69) is 15.9 Å². The number of nitrogens with zero attached hydrogens (tertiary/aromatic N) is 1. The van der Waals surface area contributed by atoms with Crippen LogP contribution in [0.3, 0.4) is 0 Å². The fraction of sp³-hybridized carbons (Fsp3) is 0.133. The van der Waals surface area contributed by atoms with Gasteiger partial charge in [0.2, 0.25) is 0 Å². The Bertz CT molecular complexity index is 645. The third kappa shape index (κ3) is 3.51. The number of rotatable bonds is 4. The van der Waals surface area contributed by atoms with Gasteiger partial charge in [-0.15, -0.1) is 0 Å². The topological polar surface area (TPSA) is 60.2 Å². The monoisotopic (exact) mass is 333 g/mol. The minimum Gasteiger partial charge on any atom is -0.294 e. The highest BCUT2D eigenvalue weighted by atomic mass is 79.9. The summed E-state index contributed by atoms with van der Waals surface area (Å²) in [6.45, 7) is 1.92. The second kappa shape index (κ2) is 5.96. The molecular formula is C15H12BrNO3. The third-order valence-corrected chi connectivity index (χ3v) is 3.33. The number of benzene rings is 2. The molecule has 0 heterocycles. The van der Waals surface area contributed by atoms with Gasteiger partial charge in [0.1, 0.15) is 0 Å². The minimum atomic E-state index is -0.455. The maximum atomic E-state index is 12.2. The third-order valence-electron chi connectivity index (χ3n) is 2.88. The van der Waals surface area contributed by atoms with Crippen LogP contribution >= 0.6 is 15.9 Å². The SMILES string of the molecule is Cc1cc(Br)cc(C(=O)Cc2ccc([N+](=O)[O-])cc2)c1. The molecule has 0 spiro atoms. The maximum Gasteiger partial charge on any atom is 0.269 e. The lowest BCUT2D eigenvalue weighted by Gasteiger charge is -2.04. The Morgan fingerprint density at radius 3 is 2.40 bits per heavy atom. The number of ketones is 1. The molecule has 0 unspecified atom stereocenters. The molecule has 0 bridgehead atoms. The van der Waals surface area contributed by atoms with E-state index in [1.165, 1.54) is 12.1 Å². The number of Topliss-reactive ketones (excluding diaryl/α,β-unsaturated/α-hetero) is 1. The number of hydrogen-bond donors (Lipinski definition) is 0. The molecule has 2 aromatic carbocycles. The Morgan fingerprint density at radius 1 is 1.20 bits per heavy atom. The van der Waals surface area contributed by atoms with Crippen molar-refractivity contribution in [3.05, 3.63) is 73.7 Å². The largest absolute Gasteiger partial charge is 0.294 e. The lowest BCUT2D eigenvalue weighted by atomic mass is 10.0. The first-order valence-electron chi connectivity index (χ1n) is 5.99. The number of hydrogen-bond acceptors (Lipinski definition) is 3. The predicted molar refractivity (Wildman–Crippen MR) is 80.0 cm³/mol. The van der Waals surface area contributed by atoms with Gasteiger partial charge >= 0.3 is 0 Å². The van der Waals surface area contributed by atoms with E-state index < -0.39 is 4.92 Å². The molecular weight excluding hydrogens is 322 g/mol. The average molecular weight is 334 g/mol. The van der Waals surface area contributed by atoms with E-state index in [1.54, 1.807) is 18.2 Å². The van der Waals surface area contributed by atoms with Crippen molar-refractivity contribution in [2.24, 2.45) is 0 Å². The molecule has 2 aromatic rings. The molecule has 0 saturated carbocycles. The summed E-state index contributed by atoms with van der Waals surface area (Å²) in [5.41, 5.74) is 2.43. The predicted octanol–water partition coefficient (Wildman–Crippen LogP) is 4.09. The van der Waals surface area contributed by atoms with E-state index in [0.29, 0.717) is 5.56 Å². The van der Waals surface area contributed by atoms with Crippen molar-refractivity contribution < 1.29 is 9.72 Å². The van der Waals surface area contributed by atoms with Crippen LogP contribution in [-0.4, -0.2) is 10.7 Å². The molecule has 20 heavy (non-hydrogen) atoms. The fourth-order valence-electron chi connectivity index (χ4n) is 1.92. The first-order valence-corrected chi connectivity index (χ1v) is 6.79. The van der Waals surface area contributed by atoms with Gasteiger partial charge in [0, 0.05) is 28.6 Å². The zero-order valence-electron chi connectivity index (χ0n) is 10.8. The van der Waals surface area contributed by atoms with Crippen LogP contribution in [0.5, 0.6) is 0 Å². The minimum absolute atomic E-state index is 0.0109. The van der Waals surface area contributed by atoms with Crippen LogP contribution in [0.1, 0.15) is 21.5 Å². The van der Waals surface area contributed by atoms with E-state index in [0.717, 1.165) is 15.6 Å². The molecule has 2 rings (SSSR count). The van der Waals surface area contributed by atoms with Crippen molar-refractivity contribution in [2.45, 2.75) is 13.3 Å². The van der Waals surface area contributed by atoms with E-state index in [1.807, 2.05) is 19.1 Å². The maximum absolute atomic E-state index is 12.2. The van der Waals surface area contributed by atoms with Gasteiger partial charge in [-0.3, -0.25) is 14.9 Å². The number of carbonyl (C=O) groups excluding carboxylic acids is 1. The van der Waals surface area contributed by atoms with Gasteiger partial charge in [-0.05, 0) is 36.2 Å². The average Bonchev–Trinajstić information content (AvgIpc) is 2.38. The van der Waals surface area contributed by atoms with Crippen LogP contribution in [0.25, 0.3) is 0 Å².